The maximum absolute atomic E-state index is 12.1. The van der Waals surface area contributed by atoms with Gasteiger partial charge in [-0.3, -0.25) is 4.79 Å². The first kappa shape index (κ1) is 18.3. The molecule has 1 aromatic heterocycles. The number of nitrogens with one attached hydrogen (secondary N) is 1. The summed E-state index contributed by atoms with van der Waals surface area (Å²) in [5, 5.41) is 11.2. The Labute approximate surface area is 149 Å². The summed E-state index contributed by atoms with van der Waals surface area (Å²) in [7, 11) is 0. The van der Waals surface area contributed by atoms with E-state index >= 15 is 0 Å². The molecule has 2 rings (SSSR count). The van der Waals surface area contributed by atoms with Crippen LogP contribution in [-0.2, 0) is 4.79 Å². The van der Waals surface area contributed by atoms with Gasteiger partial charge in [0.25, 0.3) is 0 Å². The number of rotatable bonds is 7. The quantitative estimate of drug-likeness (QED) is 0.742. The zero-order chi connectivity index (χ0) is 16.8. The minimum absolute atomic E-state index is 0.00280. The van der Waals surface area contributed by atoms with Crippen LogP contribution in [0.3, 0.4) is 0 Å². The third-order valence-electron chi connectivity index (χ3n) is 3.39. The van der Waals surface area contributed by atoms with Gasteiger partial charge in [-0.05, 0) is 43.2 Å². The van der Waals surface area contributed by atoms with Gasteiger partial charge in [0.1, 0.15) is 0 Å². The van der Waals surface area contributed by atoms with Crippen molar-refractivity contribution >= 4 is 40.8 Å². The summed E-state index contributed by atoms with van der Waals surface area (Å²) in [4.78, 5) is 12.1. The predicted molar refractivity (Wildman–Crippen MR) is 99.5 cm³/mol. The molecule has 4 nitrogen and oxygen atoms in total. The highest BCUT2D eigenvalue weighted by Gasteiger charge is 2.12. The predicted octanol–water partition coefficient (Wildman–Crippen LogP) is 4.24. The average molecular weight is 368 g/mol. The summed E-state index contributed by atoms with van der Waals surface area (Å²) >= 11 is 4.65. The van der Waals surface area contributed by atoms with Crippen molar-refractivity contribution in [3.8, 4) is 0 Å². The van der Waals surface area contributed by atoms with Crippen molar-refractivity contribution in [1.29, 1.82) is 0 Å². The topological polar surface area (TPSA) is 54.9 Å². The summed E-state index contributed by atoms with van der Waals surface area (Å²) in [5.41, 5.74) is 3.64. The van der Waals surface area contributed by atoms with Crippen LogP contribution < -0.4 is 5.32 Å². The summed E-state index contributed by atoms with van der Waals surface area (Å²) in [6.45, 7) is 8.27. The summed E-state index contributed by atoms with van der Waals surface area (Å²) in [5.74, 6) is 1.36. The molecular weight excluding hydrogens is 346 g/mol. The Morgan fingerprint density at radius 2 is 1.91 bits per heavy atom. The fraction of sp³-hybridized carbons (Fsp3) is 0.438. The average Bonchev–Trinajstić information content (AvgIpc) is 2.96. The number of aryl methyl sites for hydroxylation is 2. The van der Waals surface area contributed by atoms with E-state index in [9.17, 15) is 4.79 Å². The van der Waals surface area contributed by atoms with Crippen molar-refractivity contribution in [3.05, 3.63) is 34.9 Å². The third kappa shape index (κ3) is 5.51. The smallest absolute Gasteiger partial charge is 0.230 e. The lowest BCUT2D eigenvalue weighted by Gasteiger charge is -2.15. The van der Waals surface area contributed by atoms with Crippen LogP contribution in [0.25, 0.3) is 0 Å². The summed E-state index contributed by atoms with van der Waals surface area (Å²) < 4.78 is 1.80. The lowest BCUT2D eigenvalue weighted by molar-refractivity contribution is -0.119. The number of hydrogen-bond acceptors (Lipinski definition) is 6. The van der Waals surface area contributed by atoms with E-state index in [2.05, 4.69) is 54.5 Å². The highest BCUT2D eigenvalue weighted by molar-refractivity contribution is 8.03. The Kier molecular flexibility index (Phi) is 6.92. The summed E-state index contributed by atoms with van der Waals surface area (Å²) in [6, 6.07) is 6.30. The van der Waals surface area contributed by atoms with Crippen LogP contribution >= 0.6 is 34.9 Å². The zero-order valence-electron chi connectivity index (χ0n) is 13.8. The molecule has 0 bridgehead atoms. The van der Waals surface area contributed by atoms with Gasteiger partial charge in [-0.15, -0.1) is 10.2 Å². The summed E-state index contributed by atoms with van der Waals surface area (Å²) in [6.07, 6.45) is 0. The molecule has 0 aliphatic heterocycles. The number of thioether (sulfide) groups is 2. The van der Waals surface area contributed by atoms with Gasteiger partial charge in [-0.25, -0.2) is 0 Å². The second kappa shape index (κ2) is 8.70. The van der Waals surface area contributed by atoms with E-state index in [1.165, 1.54) is 22.9 Å². The van der Waals surface area contributed by atoms with Crippen molar-refractivity contribution in [2.45, 2.75) is 42.4 Å². The van der Waals surface area contributed by atoms with Crippen molar-refractivity contribution in [1.82, 2.24) is 15.5 Å². The highest BCUT2D eigenvalue weighted by atomic mass is 32.2. The lowest BCUT2D eigenvalue weighted by Crippen LogP contribution is -2.28. The molecule has 23 heavy (non-hydrogen) atoms. The van der Waals surface area contributed by atoms with Gasteiger partial charge in [0.05, 0.1) is 11.8 Å². The van der Waals surface area contributed by atoms with Crippen molar-refractivity contribution < 1.29 is 4.79 Å². The van der Waals surface area contributed by atoms with Crippen LogP contribution in [0.4, 0.5) is 0 Å². The van der Waals surface area contributed by atoms with E-state index in [4.69, 9.17) is 0 Å². The number of hydrogen-bond donors (Lipinski definition) is 1. The Hall–Kier alpha value is -1.05. The maximum Gasteiger partial charge on any atom is 0.230 e. The molecule has 0 unspecified atom stereocenters. The van der Waals surface area contributed by atoms with Crippen LogP contribution in [0.15, 0.2) is 26.9 Å². The maximum atomic E-state index is 12.1. The molecule has 0 aliphatic rings. The van der Waals surface area contributed by atoms with Gasteiger partial charge < -0.3 is 5.32 Å². The van der Waals surface area contributed by atoms with Crippen LogP contribution in [0.1, 0.15) is 36.6 Å². The number of amides is 1. The first-order valence-corrected chi connectivity index (χ1v) is 10.2. The molecule has 0 saturated heterocycles. The van der Waals surface area contributed by atoms with Gasteiger partial charge >= 0.3 is 0 Å². The lowest BCUT2D eigenvalue weighted by atomic mass is 10.0. The largest absolute Gasteiger partial charge is 0.349 e. The Bertz CT molecular complexity index is 672. The fourth-order valence-electron chi connectivity index (χ4n) is 1.97. The molecule has 0 radical (unpaired) electrons. The molecule has 0 spiro atoms. The number of aromatic nitrogens is 2. The third-order valence-corrected chi connectivity index (χ3v) is 6.46. The Morgan fingerprint density at radius 1 is 1.22 bits per heavy atom. The minimum Gasteiger partial charge on any atom is -0.349 e. The SMILES string of the molecule is CCSc1nnc(SCC(=O)N[C@H](C)c2ccc(C)c(C)c2)s1. The molecule has 1 amide bonds. The fourth-order valence-corrected chi connectivity index (χ4v) is 4.69. The van der Waals surface area contributed by atoms with Gasteiger partial charge in [0, 0.05) is 0 Å². The molecular formula is C16H21N3OS3. The molecule has 0 saturated carbocycles. The van der Waals surface area contributed by atoms with E-state index in [0.717, 1.165) is 20.0 Å². The second-order valence-electron chi connectivity index (χ2n) is 5.19. The zero-order valence-corrected chi connectivity index (χ0v) is 16.2. The van der Waals surface area contributed by atoms with E-state index in [1.54, 1.807) is 23.1 Å². The minimum atomic E-state index is 0.00280. The molecule has 124 valence electrons. The van der Waals surface area contributed by atoms with Crippen LogP contribution in [0.5, 0.6) is 0 Å². The van der Waals surface area contributed by atoms with Gasteiger partial charge in [-0.1, -0.05) is 60.0 Å². The Morgan fingerprint density at radius 3 is 2.57 bits per heavy atom. The molecule has 0 fully saturated rings. The van der Waals surface area contributed by atoms with Crippen molar-refractivity contribution in [2.75, 3.05) is 11.5 Å². The van der Waals surface area contributed by atoms with E-state index < -0.39 is 0 Å². The monoisotopic (exact) mass is 367 g/mol. The van der Waals surface area contributed by atoms with Gasteiger partial charge in [0.2, 0.25) is 5.91 Å². The second-order valence-corrected chi connectivity index (χ2v) is 8.90. The van der Waals surface area contributed by atoms with Gasteiger partial charge in [0.15, 0.2) is 8.68 Å². The molecule has 1 aromatic carbocycles. The number of nitrogens with zero attached hydrogens (tertiary/aromatic N) is 2. The normalized spacial score (nSPS) is 12.2. The number of carbonyl (C=O) groups is 1. The van der Waals surface area contributed by atoms with Gasteiger partial charge in [-0.2, -0.15) is 0 Å². The number of benzene rings is 1. The first-order valence-electron chi connectivity index (χ1n) is 7.45. The van der Waals surface area contributed by atoms with Crippen molar-refractivity contribution in [2.24, 2.45) is 0 Å². The first-order chi connectivity index (χ1) is 11.0. The van der Waals surface area contributed by atoms with Crippen molar-refractivity contribution in [3.63, 3.8) is 0 Å². The molecule has 1 heterocycles. The van der Waals surface area contributed by atoms with Crippen LogP contribution in [0, 0.1) is 13.8 Å². The molecule has 7 heteroatoms. The molecule has 1 N–H and O–H groups in total. The van der Waals surface area contributed by atoms with E-state index in [1.807, 2.05) is 6.92 Å². The number of carbonyl (C=O) groups excluding carboxylic acids is 1. The standard InChI is InChI=1S/C16H21N3OS3/c1-5-21-15-18-19-16(23-15)22-9-14(20)17-12(4)13-7-6-10(2)11(3)8-13/h6-8,12H,5,9H2,1-4H3,(H,17,20)/t12-/m1/s1. The molecule has 1 atom stereocenters. The highest BCUT2D eigenvalue weighted by Crippen LogP contribution is 2.28. The van der Waals surface area contributed by atoms with E-state index in [0.29, 0.717) is 5.75 Å². The molecule has 0 aliphatic carbocycles. The van der Waals surface area contributed by atoms with Crippen LogP contribution in [-0.4, -0.2) is 27.6 Å². The Balaban J connectivity index is 1.84. The molecule has 2 aromatic rings. The van der Waals surface area contributed by atoms with Crippen LogP contribution in [0.2, 0.25) is 0 Å². The van der Waals surface area contributed by atoms with E-state index in [-0.39, 0.29) is 11.9 Å².